The molecule has 0 fully saturated rings. The Hall–Kier alpha value is -2.81. The summed E-state index contributed by atoms with van der Waals surface area (Å²) in [6.07, 6.45) is 9.80. The van der Waals surface area contributed by atoms with Crippen LogP contribution in [0.2, 0.25) is 5.02 Å². The molecule has 0 bridgehead atoms. The Balaban J connectivity index is 1.35. The molecule has 0 saturated heterocycles. The van der Waals surface area contributed by atoms with Crippen molar-refractivity contribution >= 4 is 44.4 Å². The number of rotatable bonds is 4. The fourth-order valence-corrected chi connectivity index (χ4v) is 4.42. The molecule has 32 heavy (non-hydrogen) atoms. The molecule has 1 aliphatic rings. The number of halogens is 2. The molecule has 0 amide bonds. The lowest BCUT2D eigenvalue weighted by molar-refractivity contribution is 0.101. The Kier molecular flexibility index (Phi) is 5.44. The summed E-state index contributed by atoms with van der Waals surface area (Å²) >= 11 is 9.47. The van der Waals surface area contributed by atoms with Crippen molar-refractivity contribution in [1.29, 1.82) is 0 Å². The fourth-order valence-electron chi connectivity index (χ4n) is 3.88. The molecule has 0 saturated carbocycles. The average molecular weight is 512 g/mol. The summed E-state index contributed by atoms with van der Waals surface area (Å²) in [7, 11) is 0. The van der Waals surface area contributed by atoms with Crippen molar-refractivity contribution in [2.75, 3.05) is 18.0 Å². The first-order valence-electron chi connectivity index (χ1n) is 10.2. The number of anilines is 1. The van der Waals surface area contributed by atoms with Crippen molar-refractivity contribution in [2.24, 2.45) is 0 Å². The predicted octanol–water partition coefficient (Wildman–Crippen LogP) is 4.48. The average Bonchev–Trinajstić information content (AvgIpc) is 3.20. The molecule has 162 valence electrons. The van der Waals surface area contributed by atoms with Crippen LogP contribution in [-0.4, -0.2) is 42.8 Å². The highest BCUT2D eigenvalue weighted by atomic mass is 79.9. The van der Waals surface area contributed by atoms with Gasteiger partial charge in [-0.1, -0.05) is 29.8 Å². The summed E-state index contributed by atoms with van der Waals surface area (Å²) in [6, 6.07) is 9.15. The SMILES string of the molecule is CC(O)(c1ccc(Cl)cc1)c1cnc(C2=CCN(c3ncnn4cc(Br)cc34)CC2)nc1. The molecular weight excluding hydrogens is 492 g/mol. The van der Waals surface area contributed by atoms with E-state index in [2.05, 4.69) is 47.0 Å². The summed E-state index contributed by atoms with van der Waals surface area (Å²) in [5.74, 6) is 1.58. The van der Waals surface area contributed by atoms with Gasteiger partial charge in [-0.3, -0.25) is 0 Å². The molecule has 7 nitrogen and oxygen atoms in total. The van der Waals surface area contributed by atoms with E-state index in [1.165, 1.54) is 0 Å². The molecule has 4 aromatic rings. The zero-order valence-electron chi connectivity index (χ0n) is 17.3. The monoisotopic (exact) mass is 510 g/mol. The molecule has 1 aromatic carbocycles. The van der Waals surface area contributed by atoms with Crippen LogP contribution < -0.4 is 4.90 Å². The zero-order valence-corrected chi connectivity index (χ0v) is 19.6. The Morgan fingerprint density at radius 1 is 1.09 bits per heavy atom. The third kappa shape index (κ3) is 3.90. The van der Waals surface area contributed by atoms with E-state index in [0.717, 1.165) is 39.9 Å². The van der Waals surface area contributed by atoms with Crippen molar-refractivity contribution in [2.45, 2.75) is 18.9 Å². The van der Waals surface area contributed by atoms with E-state index in [1.807, 2.05) is 28.9 Å². The summed E-state index contributed by atoms with van der Waals surface area (Å²) in [5.41, 5.74) is 2.20. The number of aromatic nitrogens is 5. The summed E-state index contributed by atoms with van der Waals surface area (Å²) in [5, 5.41) is 15.9. The van der Waals surface area contributed by atoms with E-state index < -0.39 is 5.60 Å². The summed E-state index contributed by atoms with van der Waals surface area (Å²) in [4.78, 5) is 15.8. The van der Waals surface area contributed by atoms with Crippen LogP contribution in [0, 0.1) is 0 Å². The van der Waals surface area contributed by atoms with Crippen LogP contribution in [0.1, 0.15) is 30.3 Å². The maximum absolute atomic E-state index is 11.0. The standard InChI is InChI=1S/C23H20BrClN6O/c1-23(32,16-2-4-19(25)5-3-16)17-11-26-21(27-12-17)15-6-8-30(9-7-15)22-20-10-18(24)13-31(20)29-14-28-22/h2-6,10-14,32H,7-9H2,1H3. The van der Waals surface area contributed by atoms with E-state index in [0.29, 0.717) is 23.0 Å². The lowest BCUT2D eigenvalue weighted by atomic mass is 9.90. The molecule has 1 unspecified atom stereocenters. The van der Waals surface area contributed by atoms with Crippen molar-refractivity contribution in [1.82, 2.24) is 24.6 Å². The Morgan fingerprint density at radius 2 is 1.84 bits per heavy atom. The van der Waals surface area contributed by atoms with E-state index in [9.17, 15) is 5.11 Å². The highest BCUT2D eigenvalue weighted by Gasteiger charge is 2.27. The largest absolute Gasteiger partial charge is 0.381 e. The second-order valence-electron chi connectivity index (χ2n) is 7.87. The van der Waals surface area contributed by atoms with Crippen molar-refractivity contribution < 1.29 is 5.11 Å². The molecule has 9 heteroatoms. The van der Waals surface area contributed by atoms with E-state index in [1.54, 1.807) is 37.8 Å². The maximum atomic E-state index is 11.0. The smallest absolute Gasteiger partial charge is 0.156 e. The van der Waals surface area contributed by atoms with E-state index in [-0.39, 0.29) is 0 Å². The van der Waals surface area contributed by atoms with Gasteiger partial charge in [-0.2, -0.15) is 5.10 Å². The lowest BCUT2D eigenvalue weighted by Crippen LogP contribution is -2.30. The molecule has 0 spiro atoms. The van der Waals surface area contributed by atoms with Gasteiger partial charge >= 0.3 is 0 Å². The van der Waals surface area contributed by atoms with Gasteiger partial charge in [-0.05, 0) is 58.6 Å². The maximum Gasteiger partial charge on any atom is 0.156 e. The first-order chi connectivity index (χ1) is 15.4. The molecule has 4 heterocycles. The van der Waals surface area contributed by atoms with Crippen LogP contribution in [0.15, 0.2) is 65.8 Å². The number of hydrogen-bond donors (Lipinski definition) is 1. The number of nitrogens with zero attached hydrogens (tertiary/aromatic N) is 6. The van der Waals surface area contributed by atoms with Gasteiger partial charge in [-0.15, -0.1) is 0 Å². The number of aliphatic hydroxyl groups is 1. The number of benzene rings is 1. The Bertz CT molecular complexity index is 1300. The van der Waals surface area contributed by atoms with Crippen LogP contribution in [0.5, 0.6) is 0 Å². The Labute approximate surface area is 198 Å². The first-order valence-corrected chi connectivity index (χ1v) is 11.3. The quantitative estimate of drug-likeness (QED) is 0.435. The molecule has 5 rings (SSSR count). The minimum atomic E-state index is -1.20. The normalized spacial score (nSPS) is 16.1. The topological polar surface area (TPSA) is 79.4 Å². The first kappa shape index (κ1) is 21.1. The lowest BCUT2D eigenvalue weighted by Gasteiger charge is -2.27. The zero-order chi connectivity index (χ0) is 22.3. The van der Waals surface area contributed by atoms with Crippen LogP contribution in [0.3, 0.4) is 0 Å². The van der Waals surface area contributed by atoms with Gasteiger partial charge in [0.2, 0.25) is 0 Å². The predicted molar refractivity (Wildman–Crippen MR) is 128 cm³/mol. The summed E-state index contributed by atoms with van der Waals surface area (Å²) < 4.78 is 2.79. The van der Waals surface area contributed by atoms with E-state index >= 15 is 0 Å². The van der Waals surface area contributed by atoms with E-state index in [4.69, 9.17) is 11.6 Å². The molecule has 3 aromatic heterocycles. The highest BCUT2D eigenvalue weighted by molar-refractivity contribution is 9.10. The second kappa shape index (κ2) is 8.27. The molecule has 1 N–H and O–H groups in total. The highest BCUT2D eigenvalue weighted by Crippen LogP contribution is 2.31. The van der Waals surface area contributed by atoms with Gasteiger partial charge in [0.1, 0.15) is 17.4 Å². The summed E-state index contributed by atoms with van der Waals surface area (Å²) in [6.45, 7) is 3.24. The van der Waals surface area contributed by atoms with Gasteiger partial charge < -0.3 is 10.0 Å². The van der Waals surface area contributed by atoms with Crippen molar-refractivity contribution in [3.05, 3.63) is 87.8 Å². The minimum absolute atomic E-state index is 0.627. The third-order valence-electron chi connectivity index (χ3n) is 5.77. The number of fused-ring (bicyclic) bond motifs is 1. The molecule has 0 aliphatic carbocycles. The molecule has 0 radical (unpaired) electrons. The number of hydrogen-bond acceptors (Lipinski definition) is 6. The van der Waals surface area contributed by atoms with Crippen molar-refractivity contribution in [3.63, 3.8) is 0 Å². The molecule has 1 aliphatic heterocycles. The molecule has 1 atom stereocenters. The molecular formula is C23H20BrClN6O. The van der Waals surface area contributed by atoms with Crippen LogP contribution in [0.4, 0.5) is 5.82 Å². The Morgan fingerprint density at radius 3 is 2.53 bits per heavy atom. The van der Waals surface area contributed by atoms with Gasteiger partial charge in [0.15, 0.2) is 11.6 Å². The van der Waals surface area contributed by atoms with Crippen LogP contribution in [0.25, 0.3) is 11.1 Å². The third-order valence-corrected chi connectivity index (χ3v) is 6.45. The second-order valence-corrected chi connectivity index (χ2v) is 9.22. The fraction of sp³-hybridized carbons (Fsp3) is 0.217. The van der Waals surface area contributed by atoms with Gasteiger partial charge in [0.25, 0.3) is 0 Å². The van der Waals surface area contributed by atoms with Gasteiger partial charge in [-0.25, -0.2) is 19.5 Å². The minimum Gasteiger partial charge on any atom is -0.381 e. The van der Waals surface area contributed by atoms with Crippen LogP contribution in [-0.2, 0) is 5.60 Å². The van der Waals surface area contributed by atoms with Crippen molar-refractivity contribution in [3.8, 4) is 0 Å². The van der Waals surface area contributed by atoms with Gasteiger partial charge in [0, 0.05) is 46.7 Å². The van der Waals surface area contributed by atoms with Crippen LogP contribution >= 0.6 is 27.5 Å². The van der Waals surface area contributed by atoms with Gasteiger partial charge in [0.05, 0.1) is 0 Å².